The first-order valence-corrected chi connectivity index (χ1v) is 10.1. The van der Waals surface area contributed by atoms with Crippen molar-refractivity contribution in [3.8, 4) is 0 Å². The number of benzene rings is 2. The van der Waals surface area contributed by atoms with Crippen LogP contribution in [0.5, 0.6) is 0 Å². The van der Waals surface area contributed by atoms with Gasteiger partial charge in [0, 0.05) is 12.2 Å². The van der Waals surface area contributed by atoms with Crippen molar-refractivity contribution >= 4 is 27.3 Å². The number of carbonyl (C=O) groups excluding carboxylic acids is 1. The predicted octanol–water partition coefficient (Wildman–Crippen LogP) is 2.74. The highest BCUT2D eigenvalue weighted by Gasteiger charge is 2.27. The van der Waals surface area contributed by atoms with Gasteiger partial charge in [-0.15, -0.1) is 0 Å². The summed E-state index contributed by atoms with van der Waals surface area (Å²) < 4.78 is 25.8. The average Bonchev–Trinajstić information content (AvgIpc) is 2.59. The van der Waals surface area contributed by atoms with Crippen LogP contribution in [0.3, 0.4) is 0 Å². The monoisotopic (exact) mass is 358 g/mol. The lowest BCUT2D eigenvalue weighted by Gasteiger charge is -2.32. The summed E-state index contributed by atoms with van der Waals surface area (Å²) in [6.07, 6.45) is 2.95. The third kappa shape index (κ3) is 3.69. The molecule has 0 bridgehead atoms. The standard InChI is InChI=1S/C19H22N2O3S/c1-15-8-3-5-11-17(15)21(25(2,23)24)14-19(22)20-13-7-10-16-9-4-6-12-18(16)20/h3-6,8-9,11-12H,7,10,13-14H2,1-2H3. The number of carbonyl (C=O) groups is 1. The van der Waals surface area contributed by atoms with Crippen molar-refractivity contribution in [2.75, 3.05) is 28.6 Å². The molecule has 2 aromatic rings. The van der Waals surface area contributed by atoms with Crippen molar-refractivity contribution in [2.45, 2.75) is 19.8 Å². The highest BCUT2D eigenvalue weighted by atomic mass is 32.2. The molecule has 25 heavy (non-hydrogen) atoms. The summed E-state index contributed by atoms with van der Waals surface area (Å²) >= 11 is 0. The Hall–Kier alpha value is -2.34. The Balaban J connectivity index is 1.92. The van der Waals surface area contributed by atoms with Crippen LogP contribution < -0.4 is 9.21 Å². The maximum atomic E-state index is 12.9. The number of amides is 1. The molecule has 0 atom stereocenters. The Morgan fingerprint density at radius 1 is 1.12 bits per heavy atom. The van der Waals surface area contributed by atoms with E-state index in [2.05, 4.69) is 0 Å². The van der Waals surface area contributed by atoms with Gasteiger partial charge in [-0.05, 0) is 43.0 Å². The fourth-order valence-corrected chi connectivity index (χ4v) is 4.13. The molecule has 132 valence electrons. The number of aryl methyl sites for hydroxylation is 2. The molecule has 0 saturated carbocycles. The molecule has 0 radical (unpaired) electrons. The lowest BCUT2D eigenvalue weighted by atomic mass is 10.0. The summed E-state index contributed by atoms with van der Waals surface area (Å²) in [5.74, 6) is -0.208. The summed E-state index contributed by atoms with van der Waals surface area (Å²) in [4.78, 5) is 14.6. The summed E-state index contributed by atoms with van der Waals surface area (Å²) in [6.45, 7) is 2.26. The molecule has 1 aliphatic heterocycles. The van der Waals surface area contributed by atoms with E-state index in [4.69, 9.17) is 0 Å². The van der Waals surface area contributed by atoms with Crippen molar-refractivity contribution in [2.24, 2.45) is 0 Å². The maximum Gasteiger partial charge on any atom is 0.247 e. The molecule has 0 fully saturated rings. The zero-order valence-corrected chi connectivity index (χ0v) is 15.3. The van der Waals surface area contributed by atoms with Gasteiger partial charge in [0.15, 0.2) is 0 Å². The van der Waals surface area contributed by atoms with Gasteiger partial charge in [0.1, 0.15) is 6.54 Å². The molecule has 0 unspecified atom stereocenters. The third-order valence-corrected chi connectivity index (χ3v) is 5.60. The van der Waals surface area contributed by atoms with Crippen molar-refractivity contribution in [1.82, 2.24) is 0 Å². The molecule has 1 amide bonds. The van der Waals surface area contributed by atoms with Crippen LogP contribution in [0.2, 0.25) is 0 Å². The zero-order chi connectivity index (χ0) is 18.0. The van der Waals surface area contributed by atoms with Gasteiger partial charge in [0.2, 0.25) is 15.9 Å². The molecule has 6 heteroatoms. The highest BCUT2D eigenvalue weighted by Crippen LogP contribution is 2.28. The van der Waals surface area contributed by atoms with Crippen molar-refractivity contribution in [1.29, 1.82) is 0 Å². The normalized spacial score (nSPS) is 14.1. The van der Waals surface area contributed by atoms with E-state index in [1.165, 1.54) is 4.31 Å². The van der Waals surface area contributed by atoms with E-state index in [9.17, 15) is 13.2 Å². The maximum absolute atomic E-state index is 12.9. The Morgan fingerprint density at radius 3 is 2.52 bits per heavy atom. The topological polar surface area (TPSA) is 57.7 Å². The van der Waals surface area contributed by atoms with Gasteiger partial charge in [-0.3, -0.25) is 9.10 Å². The number of nitrogens with zero attached hydrogens (tertiary/aromatic N) is 2. The minimum absolute atomic E-state index is 0.196. The van der Waals surface area contributed by atoms with E-state index >= 15 is 0 Å². The molecular weight excluding hydrogens is 336 g/mol. The number of sulfonamides is 1. The summed E-state index contributed by atoms with van der Waals surface area (Å²) in [7, 11) is -3.57. The van der Waals surface area contributed by atoms with Gasteiger partial charge < -0.3 is 4.90 Å². The third-order valence-electron chi connectivity index (χ3n) is 4.47. The first kappa shape index (κ1) is 17.5. The SMILES string of the molecule is Cc1ccccc1N(CC(=O)N1CCCc2ccccc21)S(C)(=O)=O. The van der Waals surface area contributed by atoms with Crippen LogP contribution in [-0.2, 0) is 21.2 Å². The first-order valence-electron chi connectivity index (χ1n) is 8.29. The lowest BCUT2D eigenvalue weighted by molar-refractivity contribution is -0.117. The van der Waals surface area contributed by atoms with E-state index < -0.39 is 10.0 Å². The lowest BCUT2D eigenvalue weighted by Crippen LogP contribution is -2.44. The Bertz CT molecular complexity index is 893. The van der Waals surface area contributed by atoms with Gasteiger partial charge >= 0.3 is 0 Å². The van der Waals surface area contributed by atoms with Crippen LogP contribution in [0.25, 0.3) is 0 Å². The van der Waals surface area contributed by atoms with Crippen LogP contribution in [0.15, 0.2) is 48.5 Å². The Morgan fingerprint density at radius 2 is 1.80 bits per heavy atom. The highest BCUT2D eigenvalue weighted by molar-refractivity contribution is 7.92. The van der Waals surface area contributed by atoms with Gasteiger partial charge in [-0.1, -0.05) is 36.4 Å². The molecule has 0 aromatic heterocycles. The van der Waals surface area contributed by atoms with Crippen molar-refractivity contribution in [3.05, 3.63) is 59.7 Å². The number of rotatable bonds is 4. The molecular formula is C19H22N2O3S. The van der Waals surface area contributed by atoms with Crippen LogP contribution >= 0.6 is 0 Å². The van der Waals surface area contributed by atoms with Crippen LogP contribution in [0, 0.1) is 6.92 Å². The molecule has 0 aliphatic carbocycles. The molecule has 0 saturated heterocycles. The second-order valence-electron chi connectivity index (χ2n) is 6.33. The molecule has 1 aliphatic rings. The van der Waals surface area contributed by atoms with Crippen molar-refractivity contribution in [3.63, 3.8) is 0 Å². The van der Waals surface area contributed by atoms with Crippen molar-refractivity contribution < 1.29 is 13.2 Å². The molecule has 0 spiro atoms. The largest absolute Gasteiger partial charge is 0.311 e. The Kier molecular flexibility index (Phi) is 4.81. The summed E-state index contributed by atoms with van der Waals surface area (Å²) in [5, 5.41) is 0. The van der Waals surface area contributed by atoms with Gasteiger partial charge in [0.25, 0.3) is 0 Å². The van der Waals surface area contributed by atoms with Crippen LogP contribution in [0.4, 0.5) is 11.4 Å². The number of hydrogen-bond donors (Lipinski definition) is 0. The minimum atomic E-state index is -3.57. The van der Waals surface area contributed by atoms with Crippen LogP contribution in [0.1, 0.15) is 17.5 Å². The van der Waals surface area contributed by atoms with Gasteiger partial charge in [-0.2, -0.15) is 0 Å². The van der Waals surface area contributed by atoms with E-state index in [1.54, 1.807) is 17.0 Å². The Labute approximate surface area is 148 Å². The zero-order valence-electron chi connectivity index (χ0n) is 14.5. The molecule has 2 aromatic carbocycles. The minimum Gasteiger partial charge on any atom is -0.311 e. The smallest absolute Gasteiger partial charge is 0.247 e. The second kappa shape index (κ2) is 6.88. The van der Waals surface area contributed by atoms with Crippen LogP contribution in [-0.4, -0.2) is 33.7 Å². The summed E-state index contributed by atoms with van der Waals surface area (Å²) in [5.41, 5.74) is 3.38. The van der Waals surface area contributed by atoms with Gasteiger partial charge in [0.05, 0.1) is 11.9 Å². The molecule has 3 rings (SSSR count). The number of hydrogen-bond acceptors (Lipinski definition) is 3. The average molecular weight is 358 g/mol. The quantitative estimate of drug-likeness (QED) is 0.844. The van der Waals surface area contributed by atoms with E-state index in [1.807, 2.05) is 43.3 Å². The molecule has 5 nitrogen and oxygen atoms in total. The summed E-state index contributed by atoms with van der Waals surface area (Å²) in [6, 6.07) is 15.0. The first-order chi connectivity index (χ1) is 11.9. The fourth-order valence-electron chi connectivity index (χ4n) is 3.23. The fraction of sp³-hybridized carbons (Fsp3) is 0.316. The van der Waals surface area contributed by atoms with E-state index in [-0.39, 0.29) is 12.5 Å². The predicted molar refractivity (Wildman–Crippen MR) is 100 cm³/mol. The number of anilines is 2. The van der Waals surface area contributed by atoms with E-state index in [0.717, 1.165) is 35.9 Å². The molecule has 1 heterocycles. The molecule has 0 N–H and O–H groups in total. The second-order valence-corrected chi connectivity index (χ2v) is 8.24. The number of fused-ring (bicyclic) bond motifs is 1. The number of para-hydroxylation sites is 2. The van der Waals surface area contributed by atoms with Gasteiger partial charge in [-0.25, -0.2) is 8.42 Å². The van der Waals surface area contributed by atoms with E-state index in [0.29, 0.717) is 12.2 Å².